The summed E-state index contributed by atoms with van der Waals surface area (Å²) in [6.07, 6.45) is 0.667. The fraction of sp³-hybridized carbons (Fsp3) is 0.364. The molecule has 0 fully saturated rings. The average Bonchev–Trinajstić information content (AvgIpc) is 2.17. The number of aryl methyl sites for hydroxylation is 1. The summed E-state index contributed by atoms with van der Waals surface area (Å²) < 4.78 is 8.88. The number of benzene rings is 1. The molecule has 0 aliphatic carbocycles. The highest BCUT2D eigenvalue weighted by molar-refractivity contribution is 7.45. The van der Waals surface area contributed by atoms with Gasteiger partial charge in [0, 0.05) is 6.42 Å². The van der Waals surface area contributed by atoms with E-state index in [9.17, 15) is 4.79 Å². The summed E-state index contributed by atoms with van der Waals surface area (Å²) in [5.74, 6) is 0.255. The molecular weight excluding hydrogens is 243 g/mol. The molecule has 1 aromatic carbocycles. The van der Waals surface area contributed by atoms with Crippen LogP contribution < -0.4 is 0 Å². The monoisotopic (exact) mass is 262 g/mol. The van der Waals surface area contributed by atoms with Crippen molar-refractivity contribution in [2.45, 2.75) is 27.2 Å². The Morgan fingerprint density at radius 2 is 1.47 bits per heavy atom. The molecule has 0 saturated heterocycles. The quantitative estimate of drug-likeness (QED) is 0.673. The zero-order valence-corrected chi connectivity index (χ0v) is 11.1. The average molecular weight is 262 g/mol. The van der Waals surface area contributed by atoms with Crippen molar-refractivity contribution < 1.29 is 24.0 Å². The Morgan fingerprint density at radius 1 is 1.18 bits per heavy atom. The number of rotatable bonds is 1. The van der Waals surface area contributed by atoms with E-state index < -0.39 is 7.82 Å². The molecule has 0 radical (unpaired) electrons. The molecule has 17 heavy (non-hydrogen) atoms. The molecule has 0 bridgehead atoms. The largest absolute Gasteiger partial charge is 0.466 e. The summed E-state index contributed by atoms with van der Waals surface area (Å²) in [4.78, 5) is 31.4. The van der Waals surface area contributed by atoms with Gasteiger partial charge in [0.1, 0.15) is 5.78 Å². The Bertz CT molecular complexity index is 336. The molecule has 0 saturated carbocycles. The van der Waals surface area contributed by atoms with Crippen LogP contribution >= 0.6 is 7.82 Å². The van der Waals surface area contributed by atoms with Crippen LogP contribution in [0.5, 0.6) is 0 Å². The first kappa shape index (κ1) is 18.4. The lowest BCUT2D eigenvalue weighted by Gasteiger charge is -1.82. The maximum absolute atomic E-state index is 9.81. The predicted molar refractivity (Wildman–Crippen MR) is 66.4 cm³/mol. The van der Waals surface area contributed by atoms with E-state index in [1.165, 1.54) is 5.56 Å². The van der Waals surface area contributed by atoms with Gasteiger partial charge >= 0.3 is 7.82 Å². The second-order valence-corrected chi connectivity index (χ2v) is 4.25. The Kier molecular flexibility index (Phi) is 11.0. The number of hydrogen-bond donors (Lipinski definition) is 3. The van der Waals surface area contributed by atoms with Gasteiger partial charge in [-0.05, 0) is 13.8 Å². The molecule has 0 aliphatic rings. The molecule has 0 spiro atoms. The van der Waals surface area contributed by atoms with Crippen LogP contribution in [0.25, 0.3) is 0 Å². The highest BCUT2D eigenvalue weighted by atomic mass is 31.2. The van der Waals surface area contributed by atoms with Crippen LogP contribution in [0.1, 0.15) is 25.8 Å². The minimum atomic E-state index is -4.64. The number of hydrogen-bond acceptors (Lipinski definition) is 2. The highest BCUT2D eigenvalue weighted by Gasteiger charge is 2.00. The lowest BCUT2D eigenvalue weighted by molar-refractivity contribution is -0.116. The SMILES string of the molecule is CCC(C)=O.Cc1ccccc1.O=P(O)(O)O. The van der Waals surface area contributed by atoms with Gasteiger partial charge in [0.05, 0.1) is 0 Å². The van der Waals surface area contributed by atoms with E-state index in [-0.39, 0.29) is 5.78 Å². The molecule has 5 nitrogen and oxygen atoms in total. The lowest BCUT2D eigenvalue weighted by atomic mass is 10.2. The van der Waals surface area contributed by atoms with Gasteiger partial charge < -0.3 is 19.5 Å². The normalized spacial score (nSPS) is 9.29. The van der Waals surface area contributed by atoms with Crippen molar-refractivity contribution >= 4 is 13.6 Å². The van der Waals surface area contributed by atoms with Gasteiger partial charge in [0.25, 0.3) is 0 Å². The van der Waals surface area contributed by atoms with Gasteiger partial charge in [-0.1, -0.05) is 42.8 Å². The first-order valence-electron chi connectivity index (χ1n) is 4.96. The molecule has 0 atom stereocenters. The molecule has 0 unspecified atom stereocenters. The summed E-state index contributed by atoms with van der Waals surface area (Å²) >= 11 is 0. The first-order chi connectivity index (χ1) is 7.66. The second kappa shape index (κ2) is 10.2. The maximum atomic E-state index is 9.81. The Balaban J connectivity index is 0. The fourth-order valence-corrected chi connectivity index (χ4v) is 0.534. The van der Waals surface area contributed by atoms with Crippen molar-refractivity contribution in [1.82, 2.24) is 0 Å². The summed E-state index contributed by atoms with van der Waals surface area (Å²) in [6.45, 7) is 5.52. The molecule has 0 aromatic heterocycles. The molecule has 1 aromatic rings. The number of ketones is 1. The fourth-order valence-electron chi connectivity index (χ4n) is 0.534. The minimum absolute atomic E-state index is 0.255. The number of phosphoric acid groups is 1. The number of carbonyl (C=O) groups is 1. The number of carbonyl (C=O) groups excluding carboxylic acids is 1. The van der Waals surface area contributed by atoms with Gasteiger partial charge in [0.2, 0.25) is 0 Å². The zero-order chi connectivity index (χ0) is 13.9. The van der Waals surface area contributed by atoms with Crippen LogP contribution in [0, 0.1) is 6.92 Å². The van der Waals surface area contributed by atoms with Gasteiger partial charge in [-0.3, -0.25) is 0 Å². The van der Waals surface area contributed by atoms with Crippen LogP contribution in [0.2, 0.25) is 0 Å². The first-order valence-corrected chi connectivity index (χ1v) is 6.52. The third-order valence-corrected chi connectivity index (χ3v) is 1.44. The Morgan fingerprint density at radius 3 is 1.59 bits per heavy atom. The molecule has 0 aliphatic heterocycles. The van der Waals surface area contributed by atoms with E-state index in [1.807, 2.05) is 25.1 Å². The van der Waals surface area contributed by atoms with Crippen molar-refractivity contribution in [3.05, 3.63) is 35.9 Å². The third-order valence-electron chi connectivity index (χ3n) is 1.44. The Hall–Kier alpha value is -1.00. The van der Waals surface area contributed by atoms with Gasteiger partial charge in [-0.25, -0.2) is 4.57 Å². The molecule has 0 heterocycles. The van der Waals surface area contributed by atoms with Crippen molar-refractivity contribution in [2.75, 3.05) is 0 Å². The minimum Gasteiger partial charge on any atom is -0.303 e. The predicted octanol–water partition coefficient (Wildman–Crippen LogP) is 2.05. The van der Waals surface area contributed by atoms with E-state index in [1.54, 1.807) is 6.92 Å². The molecule has 98 valence electrons. The van der Waals surface area contributed by atoms with E-state index in [2.05, 4.69) is 19.1 Å². The van der Waals surface area contributed by atoms with Gasteiger partial charge in [0.15, 0.2) is 0 Å². The van der Waals surface area contributed by atoms with Crippen molar-refractivity contribution in [2.24, 2.45) is 0 Å². The third kappa shape index (κ3) is 31.3. The second-order valence-electron chi connectivity index (χ2n) is 3.22. The van der Waals surface area contributed by atoms with Crippen LogP contribution in [0.15, 0.2) is 30.3 Å². The van der Waals surface area contributed by atoms with E-state index in [0.717, 1.165) is 0 Å². The number of Topliss-reactive ketones (excluding diaryl/α,β-unsaturated/α-hetero) is 1. The zero-order valence-electron chi connectivity index (χ0n) is 10.2. The topological polar surface area (TPSA) is 94.8 Å². The summed E-state index contributed by atoms with van der Waals surface area (Å²) in [6, 6.07) is 10.3. The van der Waals surface area contributed by atoms with E-state index in [4.69, 9.17) is 19.2 Å². The smallest absolute Gasteiger partial charge is 0.303 e. The summed E-state index contributed by atoms with van der Waals surface area (Å²) in [5, 5.41) is 0. The van der Waals surface area contributed by atoms with E-state index >= 15 is 0 Å². The van der Waals surface area contributed by atoms with Crippen molar-refractivity contribution in [3.8, 4) is 0 Å². The van der Waals surface area contributed by atoms with Crippen LogP contribution in [-0.4, -0.2) is 20.5 Å². The summed E-state index contributed by atoms with van der Waals surface area (Å²) in [5.41, 5.74) is 1.32. The maximum Gasteiger partial charge on any atom is 0.466 e. The summed E-state index contributed by atoms with van der Waals surface area (Å²) in [7, 11) is -4.64. The Labute approximate surface area is 101 Å². The molecule has 1 rings (SSSR count). The molecular formula is C11H19O5P. The van der Waals surface area contributed by atoms with Crippen LogP contribution in [-0.2, 0) is 9.36 Å². The molecule has 0 amide bonds. The van der Waals surface area contributed by atoms with Crippen LogP contribution in [0.4, 0.5) is 0 Å². The van der Waals surface area contributed by atoms with E-state index in [0.29, 0.717) is 6.42 Å². The van der Waals surface area contributed by atoms with Gasteiger partial charge in [-0.2, -0.15) is 0 Å². The molecule has 6 heteroatoms. The molecule has 3 N–H and O–H groups in total. The van der Waals surface area contributed by atoms with Gasteiger partial charge in [-0.15, -0.1) is 0 Å². The van der Waals surface area contributed by atoms with Crippen molar-refractivity contribution in [1.29, 1.82) is 0 Å². The lowest BCUT2D eigenvalue weighted by Crippen LogP contribution is -1.80. The van der Waals surface area contributed by atoms with Crippen molar-refractivity contribution in [3.63, 3.8) is 0 Å². The highest BCUT2D eigenvalue weighted by Crippen LogP contribution is 2.25. The standard InChI is InChI=1S/C7H8.C4H8O.H3O4P/c1-7-5-3-2-4-6-7;1-3-4(2)5;1-5(2,3)4/h2-6H,1H3;3H2,1-2H3;(H3,1,2,3,4). The van der Waals surface area contributed by atoms with Crippen LogP contribution in [0.3, 0.4) is 0 Å².